The van der Waals surface area contributed by atoms with Crippen molar-refractivity contribution >= 4 is 51.5 Å². The van der Waals surface area contributed by atoms with Gasteiger partial charge in [0.05, 0.1) is 15.2 Å². The summed E-state index contributed by atoms with van der Waals surface area (Å²) >= 11 is 4.72. The van der Waals surface area contributed by atoms with Crippen LogP contribution >= 0.6 is 39.7 Å². The van der Waals surface area contributed by atoms with Crippen LogP contribution in [0.3, 0.4) is 0 Å². The number of rotatable bonds is 4. The second-order valence-electron chi connectivity index (χ2n) is 5.84. The van der Waals surface area contributed by atoms with Crippen molar-refractivity contribution in [3.8, 4) is 0 Å². The van der Waals surface area contributed by atoms with Gasteiger partial charge in [-0.3, -0.25) is 9.59 Å². The fourth-order valence-corrected chi connectivity index (χ4v) is 4.05. The molecule has 0 radical (unpaired) electrons. The zero-order chi connectivity index (χ0) is 16.3. The predicted octanol–water partition coefficient (Wildman–Crippen LogP) is 2.59. The lowest BCUT2D eigenvalue weighted by atomic mass is 9.91. The molecule has 1 aliphatic heterocycles. The number of hydrogen-bond donors (Lipinski definition) is 1. The highest BCUT2D eigenvalue weighted by molar-refractivity contribution is 9.11. The van der Waals surface area contributed by atoms with Gasteiger partial charge in [-0.05, 0) is 53.7 Å². The maximum absolute atomic E-state index is 12.3. The van der Waals surface area contributed by atoms with Gasteiger partial charge in [0.2, 0.25) is 5.91 Å². The Hall–Kier alpha value is -0.630. The lowest BCUT2D eigenvalue weighted by Crippen LogP contribution is -2.46. The maximum Gasteiger partial charge on any atom is 0.264 e. The molecule has 2 heterocycles. The first-order valence-electron chi connectivity index (χ1n) is 7.42. The molecule has 2 amide bonds. The highest BCUT2D eigenvalue weighted by atomic mass is 79.9. The first kappa shape index (κ1) is 20.4. The number of likely N-dealkylation sites (tertiary alicyclic amines) is 1. The molecule has 1 saturated heterocycles. The van der Waals surface area contributed by atoms with E-state index >= 15 is 0 Å². The van der Waals surface area contributed by atoms with Crippen LogP contribution < -0.4 is 5.73 Å². The molecule has 0 bridgehead atoms. The minimum atomic E-state index is -0.116. The van der Waals surface area contributed by atoms with Gasteiger partial charge in [-0.1, -0.05) is 0 Å². The van der Waals surface area contributed by atoms with E-state index < -0.39 is 0 Å². The standard InChI is InChI=1S/C15H22BrN3O2S.ClH/c1-10(17)11-5-7-19(8-6-11)14(20)9-18(2)15(21)12-3-4-13(16)22-12;/h3-4,10-11H,5-9,17H2,1-2H3;1H. The molecule has 1 unspecified atom stereocenters. The minimum Gasteiger partial charge on any atom is -0.341 e. The van der Waals surface area contributed by atoms with Crippen molar-refractivity contribution in [3.05, 3.63) is 20.8 Å². The van der Waals surface area contributed by atoms with Gasteiger partial charge in [0.25, 0.3) is 5.91 Å². The SMILES string of the molecule is CC(N)C1CCN(C(=O)CN(C)C(=O)c2ccc(Br)s2)CC1.Cl. The maximum atomic E-state index is 12.3. The van der Waals surface area contributed by atoms with Gasteiger partial charge in [-0.2, -0.15) is 0 Å². The van der Waals surface area contributed by atoms with E-state index in [9.17, 15) is 9.59 Å². The Kier molecular flexibility index (Phi) is 8.00. The van der Waals surface area contributed by atoms with Gasteiger partial charge < -0.3 is 15.5 Å². The summed E-state index contributed by atoms with van der Waals surface area (Å²) in [6.07, 6.45) is 1.89. The van der Waals surface area contributed by atoms with Crippen molar-refractivity contribution in [1.29, 1.82) is 0 Å². The summed E-state index contributed by atoms with van der Waals surface area (Å²) in [6, 6.07) is 3.79. The van der Waals surface area contributed by atoms with Crippen molar-refractivity contribution < 1.29 is 9.59 Å². The molecule has 1 fully saturated rings. The molecule has 0 saturated carbocycles. The number of thiophene rings is 1. The number of hydrogen-bond acceptors (Lipinski definition) is 4. The van der Waals surface area contributed by atoms with E-state index in [0.717, 1.165) is 29.7 Å². The molecule has 130 valence electrons. The zero-order valence-electron chi connectivity index (χ0n) is 13.3. The van der Waals surface area contributed by atoms with Gasteiger partial charge >= 0.3 is 0 Å². The average Bonchev–Trinajstić information content (AvgIpc) is 2.92. The highest BCUT2D eigenvalue weighted by Gasteiger charge is 2.26. The Labute approximate surface area is 155 Å². The predicted molar refractivity (Wildman–Crippen MR) is 99.2 cm³/mol. The number of piperidine rings is 1. The van der Waals surface area contributed by atoms with Gasteiger partial charge in [0.1, 0.15) is 0 Å². The third-order valence-corrected chi connectivity index (χ3v) is 5.75. The summed E-state index contributed by atoms with van der Waals surface area (Å²) in [7, 11) is 1.67. The molecule has 23 heavy (non-hydrogen) atoms. The number of nitrogens with two attached hydrogens (primary N) is 1. The van der Waals surface area contributed by atoms with Crippen LogP contribution in [0.1, 0.15) is 29.4 Å². The first-order valence-corrected chi connectivity index (χ1v) is 9.03. The molecule has 2 rings (SSSR count). The van der Waals surface area contributed by atoms with Crippen LogP contribution in [0.2, 0.25) is 0 Å². The van der Waals surface area contributed by atoms with E-state index in [1.165, 1.54) is 16.2 Å². The summed E-state index contributed by atoms with van der Waals surface area (Å²) in [5, 5.41) is 0. The monoisotopic (exact) mass is 423 g/mol. The average molecular weight is 425 g/mol. The largest absolute Gasteiger partial charge is 0.341 e. The Morgan fingerprint density at radius 1 is 1.43 bits per heavy atom. The Morgan fingerprint density at radius 3 is 2.52 bits per heavy atom. The first-order chi connectivity index (χ1) is 10.4. The van der Waals surface area contributed by atoms with E-state index in [2.05, 4.69) is 15.9 Å². The molecule has 2 N–H and O–H groups in total. The van der Waals surface area contributed by atoms with E-state index in [1.807, 2.05) is 17.9 Å². The Bertz CT molecular complexity index is 545. The quantitative estimate of drug-likeness (QED) is 0.808. The Balaban J connectivity index is 0.00000264. The van der Waals surface area contributed by atoms with Gasteiger partial charge in [-0.15, -0.1) is 23.7 Å². The van der Waals surface area contributed by atoms with Crippen molar-refractivity contribution in [2.24, 2.45) is 11.7 Å². The molecule has 5 nitrogen and oxygen atoms in total. The van der Waals surface area contributed by atoms with Crippen LogP contribution in [0, 0.1) is 5.92 Å². The molecule has 1 aromatic rings. The van der Waals surface area contributed by atoms with Crippen molar-refractivity contribution in [1.82, 2.24) is 9.80 Å². The van der Waals surface area contributed by atoms with E-state index in [1.54, 1.807) is 13.1 Å². The fraction of sp³-hybridized carbons (Fsp3) is 0.600. The lowest BCUT2D eigenvalue weighted by Gasteiger charge is -2.34. The van der Waals surface area contributed by atoms with Crippen LogP contribution in [0.15, 0.2) is 15.9 Å². The zero-order valence-corrected chi connectivity index (χ0v) is 16.5. The van der Waals surface area contributed by atoms with Crippen molar-refractivity contribution in [2.75, 3.05) is 26.7 Å². The molecule has 0 aliphatic carbocycles. The number of carbonyl (C=O) groups is 2. The molecule has 8 heteroatoms. The van der Waals surface area contributed by atoms with E-state index in [-0.39, 0.29) is 36.8 Å². The highest BCUT2D eigenvalue weighted by Crippen LogP contribution is 2.23. The summed E-state index contributed by atoms with van der Waals surface area (Å²) < 4.78 is 0.911. The third-order valence-electron chi connectivity index (χ3n) is 4.14. The van der Waals surface area contributed by atoms with Crippen LogP contribution in [0.5, 0.6) is 0 Å². The van der Waals surface area contributed by atoms with Gasteiger partial charge in [0, 0.05) is 26.2 Å². The molecule has 0 aromatic carbocycles. The minimum absolute atomic E-state index is 0. The van der Waals surface area contributed by atoms with Crippen LogP contribution in [0.25, 0.3) is 0 Å². The van der Waals surface area contributed by atoms with Crippen LogP contribution in [0.4, 0.5) is 0 Å². The molecule has 0 spiro atoms. The lowest BCUT2D eigenvalue weighted by molar-refractivity contribution is -0.133. The van der Waals surface area contributed by atoms with Crippen molar-refractivity contribution in [2.45, 2.75) is 25.8 Å². The molecule has 1 atom stereocenters. The second kappa shape index (κ2) is 9.01. The number of carbonyl (C=O) groups excluding carboxylic acids is 2. The van der Waals surface area contributed by atoms with Crippen LogP contribution in [-0.4, -0.2) is 54.3 Å². The fourth-order valence-electron chi connectivity index (χ4n) is 2.67. The number of halogens is 2. The summed E-state index contributed by atoms with van der Waals surface area (Å²) in [4.78, 5) is 28.5. The van der Waals surface area contributed by atoms with E-state index in [0.29, 0.717) is 10.8 Å². The molecular weight excluding hydrogens is 402 g/mol. The van der Waals surface area contributed by atoms with Gasteiger partial charge in [-0.25, -0.2) is 0 Å². The second-order valence-corrected chi connectivity index (χ2v) is 8.31. The summed E-state index contributed by atoms with van der Waals surface area (Å²) in [5.74, 6) is 0.385. The summed E-state index contributed by atoms with van der Waals surface area (Å²) in [6.45, 7) is 3.61. The number of likely N-dealkylation sites (N-methyl/N-ethyl adjacent to an activating group) is 1. The molecule has 1 aliphatic rings. The number of nitrogens with zero attached hydrogens (tertiary/aromatic N) is 2. The molecule has 1 aromatic heterocycles. The summed E-state index contributed by atoms with van der Waals surface area (Å²) in [5.41, 5.74) is 5.92. The van der Waals surface area contributed by atoms with Crippen LogP contribution in [-0.2, 0) is 4.79 Å². The van der Waals surface area contributed by atoms with E-state index in [4.69, 9.17) is 5.73 Å². The topological polar surface area (TPSA) is 66.6 Å². The smallest absolute Gasteiger partial charge is 0.264 e. The van der Waals surface area contributed by atoms with Crippen molar-refractivity contribution in [3.63, 3.8) is 0 Å². The third kappa shape index (κ3) is 5.45. The number of amides is 2. The Morgan fingerprint density at radius 2 is 2.04 bits per heavy atom. The molecular formula is C15H23BrClN3O2S. The van der Waals surface area contributed by atoms with Gasteiger partial charge in [0.15, 0.2) is 0 Å². The normalized spacial score (nSPS) is 16.6.